The van der Waals surface area contributed by atoms with E-state index in [9.17, 15) is 17.6 Å². The van der Waals surface area contributed by atoms with Crippen LogP contribution in [0.25, 0.3) is 0 Å². The van der Waals surface area contributed by atoms with E-state index in [4.69, 9.17) is 0 Å². The van der Waals surface area contributed by atoms with E-state index in [0.29, 0.717) is 24.5 Å². The topological polar surface area (TPSA) is 41.6 Å². The molecule has 2 aliphatic carbocycles. The number of alkyl halides is 4. The number of aromatic nitrogens is 3. The third-order valence-electron chi connectivity index (χ3n) is 3.88. The van der Waals surface area contributed by atoms with Crippen LogP contribution in [0, 0.1) is 11.8 Å². The maximum atomic E-state index is 12.7. The maximum absolute atomic E-state index is 12.7. The molecule has 19 heavy (non-hydrogen) atoms. The molecule has 1 aromatic heterocycles. The molecule has 7 heteroatoms. The van der Waals surface area contributed by atoms with Gasteiger partial charge >= 0.3 is 0 Å². The average molecular weight is 277 g/mol. The quantitative estimate of drug-likeness (QED) is 0.860. The SMILES string of the molecule is FC1(F)CC(Cc2n[nH]c(CC3CC(F)(F)C3)n2)C1. The highest BCUT2D eigenvalue weighted by atomic mass is 19.3. The first-order chi connectivity index (χ1) is 8.81. The number of nitrogens with one attached hydrogen (secondary N) is 1. The lowest BCUT2D eigenvalue weighted by atomic mass is 9.79. The smallest absolute Gasteiger partial charge is 0.248 e. The number of aromatic amines is 1. The average Bonchev–Trinajstić information content (AvgIpc) is 2.60. The van der Waals surface area contributed by atoms with Crippen LogP contribution < -0.4 is 0 Å². The van der Waals surface area contributed by atoms with Gasteiger partial charge in [0.05, 0.1) is 0 Å². The first kappa shape index (κ1) is 12.9. The monoisotopic (exact) mass is 277 g/mol. The molecule has 0 bridgehead atoms. The molecule has 1 heterocycles. The number of nitrogens with zero attached hydrogens (tertiary/aromatic N) is 2. The van der Waals surface area contributed by atoms with Crippen molar-refractivity contribution in [3.63, 3.8) is 0 Å². The van der Waals surface area contributed by atoms with Gasteiger partial charge in [0.2, 0.25) is 11.8 Å². The van der Waals surface area contributed by atoms with Crippen LogP contribution in [-0.4, -0.2) is 27.0 Å². The zero-order valence-electron chi connectivity index (χ0n) is 10.3. The Bertz CT molecular complexity index is 415. The van der Waals surface area contributed by atoms with Crippen molar-refractivity contribution in [3.8, 4) is 0 Å². The van der Waals surface area contributed by atoms with Crippen LogP contribution in [0.5, 0.6) is 0 Å². The lowest BCUT2D eigenvalue weighted by Crippen LogP contribution is -2.36. The van der Waals surface area contributed by atoms with Crippen LogP contribution in [-0.2, 0) is 12.8 Å². The van der Waals surface area contributed by atoms with Gasteiger partial charge in [-0.25, -0.2) is 22.5 Å². The molecule has 2 aliphatic rings. The Morgan fingerprint density at radius 1 is 0.947 bits per heavy atom. The van der Waals surface area contributed by atoms with Crippen molar-refractivity contribution in [2.24, 2.45) is 11.8 Å². The normalized spacial score (nSPS) is 25.9. The summed E-state index contributed by atoms with van der Waals surface area (Å²) in [5.41, 5.74) is 0. The summed E-state index contributed by atoms with van der Waals surface area (Å²) >= 11 is 0. The molecule has 0 radical (unpaired) electrons. The second kappa shape index (κ2) is 4.18. The molecule has 0 atom stereocenters. The number of halogens is 4. The molecule has 1 aromatic rings. The Labute approximate surface area is 107 Å². The van der Waals surface area contributed by atoms with E-state index in [1.807, 2.05) is 0 Å². The van der Waals surface area contributed by atoms with Crippen molar-refractivity contribution in [1.82, 2.24) is 15.2 Å². The predicted molar refractivity (Wildman–Crippen MR) is 59.1 cm³/mol. The molecule has 0 spiro atoms. The number of hydrogen-bond donors (Lipinski definition) is 1. The number of H-pyrrole nitrogens is 1. The van der Waals surface area contributed by atoms with Gasteiger partial charge in [0.15, 0.2) is 5.82 Å². The lowest BCUT2D eigenvalue weighted by Gasteiger charge is -2.34. The minimum absolute atomic E-state index is 0.0520. The second-order valence-corrected chi connectivity index (χ2v) is 5.87. The molecule has 106 valence electrons. The Morgan fingerprint density at radius 2 is 1.47 bits per heavy atom. The van der Waals surface area contributed by atoms with Gasteiger partial charge < -0.3 is 0 Å². The number of hydrogen-bond acceptors (Lipinski definition) is 2. The van der Waals surface area contributed by atoms with Gasteiger partial charge in [0.25, 0.3) is 0 Å². The first-order valence-electron chi connectivity index (χ1n) is 6.47. The standard InChI is InChI=1S/C12H15F4N3/c13-11(14)3-7(4-11)1-9-17-10(19-18-9)2-8-5-12(15,16)6-8/h7-8H,1-6H2,(H,17,18,19). The molecule has 2 saturated carbocycles. The van der Waals surface area contributed by atoms with Gasteiger partial charge in [-0.15, -0.1) is 0 Å². The molecular weight excluding hydrogens is 262 g/mol. The summed E-state index contributed by atoms with van der Waals surface area (Å²) in [6, 6.07) is 0. The highest BCUT2D eigenvalue weighted by Gasteiger charge is 2.46. The summed E-state index contributed by atoms with van der Waals surface area (Å²) in [5.74, 6) is -4.06. The fraction of sp³-hybridized carbons (Fsp3) is 0.833. The van der Waals surface area contributed by atoms with E-state index in [1.54, 1.807) is 0 Å². The molecule has 0 aromatic carbocycles. The summed E-state index contributed by atoms with van der Waals surface area (Å²) in [6.45, 7) is 0. The zero-order valence-corrected chi connectivity index (χ0v) is 10.3. The number of rotatable bonds is 4. The molecular formula is C12H15F4N3. The largest absolute Gasteiger partial charge is 0.263 e. The van der Waals surface area contributed by atoms with Crippen molar-refractivity contribution in [3.05, 3.63) is 11.6 Å². The van der Waals surface area contributed by atoms with E-state index in [2.05, 4.69) is 15.2 Å². The van der Waals surface area contributed by atoms with Gasteiger partial charge in [-0.3, -0.25) is 5.10 Å². The Balaban J connectivity index is 1.47. The summed E-state index contributed by atoms with van der Waals surface area (Å²) < 4.78 is 50.7. The van der Waals surface area contributed by atoms with Gasteiger partial charge in [-0.2, -0.15) is 5.10 Å². The van der Waals surface area contributed by atoms with Gasteiger partial charge in [-0.05, 0) is 11.8 Å². The summed E-state index contributed by atoms with van der Waals surface area (Å²) in [4.78, 5) is 4.19. The van der Waals surface area contributed by atoms with Crippen molar-refractivity contribution < 1.29 is 17.6 Å². The van der Waals surface area contributed by atoms with E-state index in [0.717, 1.165) is 0 Å². The lowest BCUT2D eigenvalue weighted by molar-refractivity contribution is -0.110. The van der Waals surface area contributed by atoms with E-state index in [-0.39, 0.29) is 37.5 Å². The maximum Gasteiger partial charge on any atom is 0.248 e. The minimum Gasteiger partial charge on any atom is -0.263 e. The first-order valence-corrected chi connectivity index (χ1v) is 6.47. The summed E-state index contributed by atoms with van der Waals surface area (Å²) in [5, 5.41) is 6.68. The van der Waals surface area contributed by atoms with Crippen LogP contribution in [0.15, 0.2) is 0 Å². The van der Waals surface area contributed by atoms with Crippen molar-refractivity contribution in [1.29, 1.82) is 0 Å². The predicted octanol–water partition coefficient (Wildman–Crippen LogP) is 2.98. The third-order valence-corrected chi connectivity index (χ3v) is 3.88. The van der Waals surface area contributed by atoms with Crippen molar-refractivity contribution >= 4 is 0 Å². The third kappa shape index (κ3) is 2.90. The summed E-state index contributed by atoms with van der Waals surface area (Å²) in [6.07, 6.45) is 0.490. The molecule has 0 aliphatic heterocycles. The van der Waals surface area contributed by atoms with E-state index >= 15 is 0 Å². The zero-order chi connectivity index (χ0) is 13.7. The second-order valence-electron chi connectivity index (χ2n) is 5.87. The Hall–Kier alpha value is -1.14. The molecule has 3 nitrogen and oxygen atoms in total. The molecule has 0 unspecified atom stereocenters. The van der Waals surface area contributed by atoms with Crippen LogP contribution in [0.2, 0.25) is 0 Å². The minimum atomic E-state index is -2.53. The van der Waals surface area contributed by atoms with Gasteiger partial charge in [-0.1, -0.05) is 0 Å². The molecule has 1 N–H and O–H groups in total. The van der Waals surface area contributed by atoms with Gasteiger partial charge in [0.1, 0.15) is 5.82 Å². The van der Waals surface area contributed by atoms with Crippen LogP contribution >= 0.6 is 0 Å². The van der Waals surface area contributed by atoms with Crippen LogP contribution in [0.3, 0.4) is 0 Å². The highest BCUT2D eigenvalue weighted by molar-refractivity contribution is 4.99. The fourth-order valence-electron chi connectivity index (χ4n) is 2.91. The summed E-state index contributed by atoms with van der Waals surface area (Å²) in [7, 11) is 0. The fourth-order valence-corrected chi connectivity index (χ4v) is 2.91. The van der Waals surface area contributed by atoms with Gasteiger partial charge in [0, 0.05) is 38.5 Å². The van der Waals surface area contributed by atoms with E-state index < -0.39 is 11.8 Å². The molecule has 2 fully saturated rings. The Kier molecular flexibility index (Phi) is 2.83. The van der Waals surface area contributed by atoms with Crippen molar-refractivity contribution in [2.75, 3.05) is 0 Å². The van der Waals surface area contributed by atoms with Crippen LogP contribution in [0.1, 0.15) is 37.3 Å². The Morgan fingerprint density at radius 3 is 2.00 bits per heavy atom. The van der Waals surface area contributed by atoms with E-state index in [1.165, 1.54) is 0 Å². The molecule has 0 amide bonds. The van der Waals surface area contributed by atoms with Crippen LogP contribution in [0.4, 0.5) is 17.6 Å². The molecule has 3 rings (SSSR count). The van der Waals surface area contributed by atoms with Crippen molar-refractivity contribution in [2.45, 2.75) is 50.4 Å². The highest BCUT2D eigenvalue weighted by Crippen LogP contribution is 2.44. The molecule has 0 saturated heterocycles.